The molecule has 0 aliphatic carbocycles. The van der Waals surface area contributed by atoms with Crippen LogP contribution >= 0.6 is 11.8 Å². The number of nitrogens with zero attached hydrogens (tertiary/aromatic N) is 2. The average molecular weight is 502 g/mol. The number of benzene rings is 3. The maximum Gasteiger partial charge on any atom is 0.264 e. The van der Waals surface area contributed by atoms with E-state index >= 15 is 0 Å². The molecule has 5 rings (SSSR count). The predicted molar refractivity (Wildman–Crippen MR) is 137 cm³/mol. The summed E-state index contributed by atoms with van der Waals surface area (Å²) in [5, 5.41) is 6.36. The van der Waals surface area contributed by atoms with Crippen LogP contribution < -0.4 is 15.4 Å². The van der Waals surface area contributed by atoms with Crippen LogP contribution in [-0.2, 0) is 10.0 Å². The van der Waals surface area contributed by atoms with Gasteiger partial charge in [-0.25, -0.2) is 23.1 Å². The minimum absolute atomic E-state index is 0.00340. The summed E-state index contributed by atoms with van der Waals surface area (Å²) in [6, 6.07) is 21.3. The lowest BCUT2D eigenvalue weighted by atomic mass is 10.1. The average Bonchev–Trinajstić information content (AvgIpc) is 2.87. The van der Waals surface area contributed by atoms with Crippen molar-refractivity contribution in [1.29, 1.82) is 0 Å². The normalized spacial score (nSPS) is 12.3. The summed E-state index contributed by atoms with van der Waals surface area (Å²) < 4.78 is 27.3. The molecule has 0 radical (unpaired) electrons. The van der Waals surface area contributed by atoms with E-state index in [4.69, 9.17) is 0 Å². The fourth-order valence-electron chi connectivity index (χ4n) is 3.36. The van der Waals surface area contributed by atoms with Crippen molar-refractivity contribution >= 4 is 50.6 Å². The third-order valence-electron chi connectivity index (χ3n) is 5.08. The summed E-state index contributed by atoms with van der Waals surface area (Å²) >= 11 is 1.66. The molecule has 1 aliphatic rings. The summed E-state index contributed by atoms with van der Waals surface area (Å²) in [6.45, 7) is 0. The van der Waals surface area contributed by atoms with E-state index in [0.717, 1.165) is 21.2 Å². The number of hydrogen-bond acceptors (Lipinski definition) is 8. The Morgan fingerprint density at radius 1 is 0.886 bits per heavy atom. The maximum absolute atomic E-state index is 12.7. The standard InChI is InChI=1S/C25H19N5O3S2/c31-22(17-6-11-24-21(16-17)29-20-4-1-2-5-23(20)34-24)12-15-26-18-7-9-19(10-8-18)35(32,33)30-25-27-13-3-14-28-25/h1-16,26,29H,(H,27,28,30)/b15-12-. The monoisotopic (exact) mass is 501 g/mol. The van der Waals surface area contributed by atoms with E-state index in [9.17, 15) is 13.2 Å². The molecule has 10 heteroatoms. The van der Waals surface area contributed by atoms with Crippen LogP contribution in [0.3, 0.4) is 0 Å². The van der Waals surface area contributed by atoms with Gasteiger partial charge in [0.1, 0.15) is 0 Å². The highest BCUT2D eigenvalue weighted by Crippen LogP contribution is 2.44. The molecule has 0 bridgehead atoms. The molecule has 3 aromatic carbocycles. The number of rotatable bonds is 7. The van der Waals surface area contributed by atoms with Gasteiger partial charge in [-0.05, 0) is 60.7 Å². The van der Waals surface area contributed by atoms with Crippen LogP contribution in [0.5, 0.6) is 0 Å². The van der Waals surface area contributed by atoms with Gasteiger partial charge < -0.3 is 10.6 Å². The van der Waals surface area contributed by atoms with Crippen LogP contribution in [0.4, 0.5) is 23.0 Å². The van der Waals surface area contributed by atoms with Crippen molar-refractivity contribution in [2.24, 2.45) is 0 Å². The van der Waals surface area contributed by atoms with Gasteiger partial charge in [-0.1, -0.05) is 23.9 Å². The Morgan fingerprint density at radius 2 is 1.63 bits per heavy atom. The van der Waals surface area contributed by atoms with Crippen LogP contribution in [-0.4, -0.2) is 24.2 Å². The molecule has 0 atom stereocenters. The third kappa shape index (κ3) is 5.18. The van der Waals surface area contributed by atoms with Crippen molar-refractivity contribution in [2.75, 3.05) is 15.4 Å². The summed E-state index contributed by atoms with van der Waals surface area (Å²) in [6.07, 6.45) is 5.86. The summed E-state index contributed by atoms with van der Waals surface area (Å²) in [4.78, 5) is 22.7. The van der Waals surface area contributed by atoms with E-state index in [2.05, 4.69) is 31.4 Å². The van der Waals surface area contributed by atoms with Gasteiger partial charge in [0.25, 0.3) is 10.0 Å². The van der Waals surface area contributed by atoms with Crippen molar-refractivity contribution in [3.05, 3.63) is 103 Å². The van der Waals surface area contributed by atoms with Crippen molar-refractivity contribution in [3.8, 4) is 0 Å². The molecule has 0 fully saturated rings. The van der Waals surface area contributed by atoms with E-state index in [1.165, 1.54) is 36.8 Å². The minimum atomic E-state index is -3.81. The molecule has 174 valence electrons. The second-order valence-electron chi connectivity index (χ2n) is 7.48. The molecule has 3 N–H and O–H groups in total. The van der Waals surface area contributed by atoms with Crippen molar-refractivity contribution in [1.82, 2.24) is 9.97 Å². The lowest BCUT2D eigenvalue weighted by molar-refractivity contribution is 0.104. The third-order valence-corrected chi connectivity index (χ3v) is 7.58. The molecule has 0 saturated carbocycles. The Balaban J connectivity index is 1.22. The van der Waals surface area contributed by atoms with Crippen LogP contribution in [0.15, 0.2) is 112 Å². The number of sulfonamides is 1. The van der Waals surface area contributed by atoms with E-state index in [0.29, 0.717) is 11.3 Å². The van der Waals surface area contributed by atoms with Crippen LogP contribution in [0.1, 0.15) is 10.4 Å². The number of anilines is 4. The van der Waals surface area contributed by atoms with Crippen LogP contribution in [0.2, 0.25) is 0 Å². The smallest absolute Gasteiger partial charge is 0.264 e. The van der Waals surface area contributed by atoms with E-state index in [1.807, 2.05) is 30.3 Å². The summed E-state index contributed by atoms with van der Waals surface area (Å²) in [7, 11) is -3.81. The van der Waals surface area contributed by atoms with E-state index < -0.39 is 10.0 Å². The minimum Gasteiger partial charge on any atom is -0.362 e. The number of carbonyl (C=O) groups is 1. The number of ketones is 1. The molecular formula is C25H19N5O3S2. The number of nitrogens with one attached hydrogen (secondary N) is 3. The number of aromatic nitrogens is 2. The zero-order chi connectivity index (χ0) is 24.3. The second-order valence-corrected chi connectivity index (χ2v) is 10.2. The van der Waals surface area contributed by atoms with Crippen LogP contribution in [0.25, 0.3) is 0 Å². The molecule has 0 spiro atoms. The molecule has 4 aromatic rings. The lowest BCUT2D eigenvalue weighted by Crippen LogP contribution is -2.14. The number of carbonyl (C=O) groups excluding carboxylic acids is 1. The fourth-order valence-corrected chi connectivity index (χ4v) is 5.29. The molecule has 0 unspecified atom stereocenters. The second kappa shape index (κ2) is 9.61. The number of allylic oxidation sites excluding steroid dienone is 1. The van der Waals surface area contributed by atoms with Gasteiger partial charge in [0.05, 0.1) is 16.3 Å². The fraction of sp³-hybridized carbons (Fsp3) is 0. The molecule has 35 heavy (non-hydrogen) atoms. The molecule has 0 amide bonds. The molecular weight excluding hydrogens is 482 g/mol. The Bertz CT molecular complexity index is 1520. The molecule has 8 nitrogen and oxygen atoms in total. The van der Waals surface area contributed by atoms with Gasteiger partial charge in [-0.15, -0.1) is 0 Å². The van der Waals surface area contributed by atoms with Gasteiger partial charge in [0, 0.05) is 45.7 Å². The van der Waals surface area contributed by atoms with Crippen molar-refractivity contribution in [2.45, 2.75) is 14.7 Å². The first-order valence-electron chi connectivity index (χ1n) is 10.5. The largest absolute Gasteiger partial charge is 0.362 e. The Labute approximate surface area is 206 Å². The quantitative estimate of drug-likeness (QED) is 0.204. The Morgan fingerprint density at radius 3 is 2.43 bits per heavy atom. The van der Waals surface area contributed by atoms with E-state index in [-0.39, 0.29) is 16.6 Å². The molecule has 2 heterocycles. The van der Waals surface area contributed by atoms with Gasteiger partial charge in [-0.3, -0.25) is 4.79 Å². The van der Waals surface area contributed by atoms with Crippen LogP contribution in [0, 0.1) is 0 Å². The summed E-state index contributed by atoms with van der Waals surface area (Å²) in [5.74, 6) is -0.159. The highest BCUT2D eigenvalue weighted by molar-refractivity contribution is 7.99. The topological polar surface area (TPSA) is 113 Å². The maximum atomic E-state index is 12.7. The predicted octanol–water partition coefficient (Wildman–Crippen LogP) is 5.29. The van der Waals surface area contributed by atoms with Gasteiger partial charge in [0.15, 0.2) is 5.78 Å². The van der Waals surface area contributed by atoms with Crippen molar-refractivity contribution in [3.63, 3.8) is 0 Å². The van der Waals surface area contributed by atoms with Crippen molar-refractivity contribution < 1.29 is 13.2 Å². The molecule has 1 aliphatic heterocycles. The summed E-state index contributed by atoms with van der Waals surface area (Å²) in [5.41, 5.74) is 3.10. The molecule has 1 aromatic heterocycles. The SMILES string of the molecule is O=C(/C=C\Nc1ccc(S(=O)(=O)Nc2ncccn2)cc1)c1ccc2c(c1)Nc1ccccc1S2. The number of para-hydroxylation sites is 1. The highest BCUT2D eigenvalue weighted by atomic mass is 32.2. The van der Waals surface area contributed by atoms with Gasteiger partial charge >= 0.3 is 0 Å². The zero-order valence-corrected chi connectivity index (χ0v) is 19.8. The van der Waals surface area contributed by atoms with E-state index in [1.54, 1.807) is 36.0 Å². The lowest BCUT2D eigenvalue weighted by Gasteiger charge is -2.20. The first kappa shape index (κ1) is 22.6. The zero-order valence-electron chi connectivity index (χ0n) is 18.2. The first-order chi connectivity index (χ1) is 17.0. The Hall–Kier alpha value is -4.15. The van der Waals surface area contributed by atoms with Gasteiger partial charge in [0.2, 0.25) is 5.95 Å². The first-order valence-corrected chi connectivity index (χ1v) is 12.8. The Kier molecular flexibility index (Phi) is 6.21. The number of fused-ring (bicyclic) bond motifs is 2. The molecule has 0 saturated heterocycles. The van der Waals surface area contributed by atoms with Gasteiger partial charge in [-0.2, -0.15) is 0 Å². The number of hydrogen-bond donors (Lipinski definition) is 3. The highest BCUT2D eigenvalue weighted by Gasteiger charge is 2.17.